The fourth-order valence-corrected chi connectivity index (χ4v) is 1.99. The number of carbonyl (C=O) groups is 1. The Hall–Kier alpha value is -2.36. The van der Waals surface area contributed by atoms with Crippen molar-refractivity contribution in [3.63, 3.8) is 0 Å². The summed E-state index contributed by atoms with van der Waals surface area (Å²) in [5, 5.41) is 3.19. The van der Waals surface area contributed by atoms with Crippen molar-refractivity contribution in [3.8, 4) is 0 Å². The predicted octanol–water partition coefficient (Wildman–Crippen LogP) is 3.14. The molecule has 3 N–H and O–H groups in total. The van der Waals surface area contributed by atoms with E-state index in [9.17, 15) is 9.18 Å². The molecule has 2 rings (SSSR count). The van der Waals surface area contributed by atoms with Crippen LogP contribution in [0.3, 0.4) is 0 Å². The van der Waals surface area contributed by atoms with Crippen LogP contribution in [0.15, 0.2) is 48.5 Å². The molecule has 1 amide bonds. The highest BCUT2D eigenvalue weighted by atomic mass is 19.1. The molecule has 0 radical (unpaired) electrons. The molecule has 0 saturated carbocycles. The first-order valence-corrected chi connectivity index (χ1v) is 6.46. The lowest BCUT2D eigenvalue weighted by Crippen LogP contribution is -2.15. The Labute approximate surface area is 117 Å². The van der Waals surface area contributed by atoms with Gasteiger partial charge in [0.25, 0.3) is 5.91 Å². The Morgan fingerprint density at radius 2 is 1.95 bits per heavy atom. The Kier molecular flexibility index (Phi) is 4.35. The van der Waals surface area contributed by atoms with Gasteiger partial charge in [0.15, 0.2) is 0 Å². The van der Waals surface area contributed by atoms with E-state index in [-0.39, 0.29) is 5.56 Å². The zero-order valence-corrected chi connectivity index (χ0v) is 11.3. The molecule has 2 aromatic carbocycles. The van der Waals surface area contributed by atoms with Crippen molar-refractivity contribution in [2.75, 3.05) is 11.9 Å². The average Bonchev–Trinajstić information content (AvgIpc) is 2.46. The SMILES string of the molecule is CC(CNc1ccc(F)c(C(N)=O)c1)c1ccccc1. The number of amides is 1. The van der Waals surface area contributed by atoms with Crippen LogP contribution in [0.4, 0.5) is 10.1 Å². The van der Waals surface area contributed by atoms with Crippen LogP contribution in [-0.2, 0) is 0 Å². The second-order valence-corrected chi connectivity index (χ2v) is 4.75. The zero-order chi connectivity index (χ0) is 14.5. The van der Waals surface area contributed by atoms with E-state index in [1.165, 1.54) is 17.7 Å². The molecule has 3 nitrogen and oxygen atoms in total. The van der Waals surface area contributed by atoms with Crippen LogP contribution in [0, 0.1) is 5.82 Å². The number of carbonyl (C=O) groups excluding carboxylic acids is 1. The van der Waals surface area contributed by atoms with E-state index in [0.29, 0.717) is 18.2 Å². The maximum atomic E-state index is 13.4. The second kappa shape index (κ2) is 6.19. The van der Waals surface area contributed by atoms with Crippen molar-refractivity contribution in [1.29, 1.82) is 0 Å². The molecule has 0 aromatic heterocycles. The summed E-state index contributed by atoms with van der Waals surface area (Å²) >= 11 is 0. The highest BCUT2D eigenvalue weighted by Crippen LogP contribution is 2.18. The molecular weight excluding hydrogens is 255 g/mol. The Morgan fingerprint density at radius 1 is 1.25 bits per heavy atom. The average molecular weight is 272 g/mol. The Bertz CT molecular complexity index is 599. The van der Waals surface area contributed by atoms with Gasteiger partial charge in [0.05, 0.1) is 5.56 Å². The maximum absolute atomic E-state index is 13.4. The quantitative estimate of drug-likeness (QED) is 0.878. The summed E-state index contributed by atoms with van der Waals surface area (Å²) in [6.45, 7) is 2.79. The molecule has 0 fully saturated rings. The van der Waals surface area contributed by atoms with Gasteiger partial charge in [-0.05, 0) is 29.7 Å². The third-order valence-electron chi connectivity index (χ3n) is 3.21. The lowest BCUT2D eigenvalue weighted by Gasteiger charge is -2.14. The molecule has 0 aliphatic rings. The normalized spacial score (nSPS) is 11.9. The molecule has 0 spiro atoms. The summed E-state index contributed by atoms with van der Waals surface area (Å²) in [7, 11) is 0. The molecule has 4 heteroatoms. The molecule has 1 atom stereocenters. The summed E-state index contributed by atoms with van der Waals surface area (Å²) < 4.78 is 13.4. The summed E-state index contributed by atoms with van der Waals surface area (Å²) in [4.78, 5) is 11.1. The second-order valence-electron chi connectivity index (χ2n) is 4.75. The highest BCUT2D eigenvalue weighted by Gasteiger charge is 2.10. The molecule has 1 unspecified atom stereocenters. The van der Waals surface area contributed by atoms with Gasteiger partial charge in [-0.15, -0.1) is 0 Å². The zero-order valence-electron chi connectivity index (χ0n) is 11.3. The number of benzene rings is 2. The standard InChI is InChI=1S/C16H17FN2O/c1-11(12-5-3-2-4-6-12)10-19-13-7-8-15(17)14(9-13)16(18)20/h2-9,11,19H,10H2,1H3,(H2,18,20). The highest BCUT2D eigenvalue weighted by molar-refractivity contribution is 5.94. The van der Waals surface area contributed by atoms with Crippen LogP contribution in [0.1, 0.15) is 28.8 Å². The minimum Gasteiger partial charge on any atom is -0.384 e. The van der Waals surface area contributed by atoms with Gasteiger partial charge in [0.1, 0.15) is 5.82 Å². The smallest absolute Gasteiger partial charge is 0.251 e. The fraction of sp³-hybridized carbons (Fsp3) is 0.188. The van der Waals surface area contributed by atoms with Crippen molar-refractivity contribution >= 4 is 11.6 Å². The number of halogens is 1. The number of primary amides is 1. The number of rotatable bonds is 5. The van der Waals surface area contributed by atoms with E-state index in [4.69, 9.17) is 5.73 Å². The predicted molar refractivity (Wildman–Crippen MR) is 78.3 cm³/mol. The van der Waals surface area contributed by atoms with Gasteiger partial charge < -0.3 is 11.1 Å². The molecule has 2 aromatic rings. The minimum absolute atomic E-state index is 0.0950. The van der Waals surface area contributed by atoms with E-state index in [2.05, 4.69) is 24.4 Å². The van der Waals surface area contributed by atoms with E-state index < -0.39 is 11.7 Å². The number of hydrogen-bond donors (Lipinski definition) is 2. The number of nitrogens with two attached hydrogens (primary N) is 1. The molecule has 104 valence electrons. The first-order chi connectivity index (χ1) is 9.58. The van der Waals surface area contributed by atoms with E-state index in [1.807, 2.05) is 18.2 Å². The lowest BCUT2D eigenvalue weighted by molar-refractivity contribution is 0.0996. The van der Waals surface area contributed by atoms with Crippen LogP contribution >= 0.6 is 0 Å². The number of nitrogens with one attached hydrogen (secondary N) is 1. The molecule has 0 saturated heterocycles. The molecule has 0 heterocycles. The van der Waals surface area contributed by atoms with Gasteiger partial charge in [-0.1, -0.05) is 37.3 Å². The van der Waals surface area contributed by atoms with Crippen molar-refractivity contribution < 1.29 is 9.18 Å². The third kappa shape index (κ3) is 3.35. The van der Waals surface area contributed by atoms with E-state index >= 15 is 0 Å². The van der Waals surface area contributed by atoms with E-state index in [1.54, 1.807) is 6.07 Å². The lowest BCUT2D eigenvalue weighted by atomic mass is 10.0. The monoisotopic (exact) mass is 272 g/mol. The Balaban J connectivity index is 2.04. The van der Waals surface area contributed by atoms with Gasteiger partial charge >= 0.3 is 0 Å². The van der Waals surface area contributed by atoms with Gasteiger partial charge in [0, 0.05) is 12.2 Å². The molecule has 0 bridgehead atoms. The topological polar surface area (TPSA) is 55.1 Å². The summed E-state index contributed by atoms with van der Waals surface area (Å²) in [5.74, 6) is -1.06. The van der Waals surface area contributed by atoms with Gasteiger partial charge in [-0.2, -0.15) is 0 Å². The van der Waals surface area contributed by atoms with Gasteiger partial charge in [-0.3, -0.25) is 4.79 Å². The third-order valence-corrected chi connectivity index (χ3v) is 3.21. The fourth-order valence-electron chi connectivity index (χ4n) is 1.99. The number of hydrogen-bond acceptors (Lipinski definition) is 2. The van der Waals surface area contributed by atoms with Crippen LogP contribution in [0.5, 0.6) is 0 Å². The molecule has 0 aliphatic heterocycles. The first kappa shape index (κ1) is 14.1. The molecule has 20 heavy (non-hydrogen) atoms. The molecule has 0 aliphatic carbocycles. The largest absolute Gasteiger partial charge is 0.384 e. The first-order valence-electron chi connectivity index (χ1n) is 6.46. The van der Waals surface area contributed by atoms with Crippen molar-refractivity contribution in [2.24, 2.45) is 5.73 Å². The van der Waals surface area contributed by atoms with Crippen LogP contribution in [0.25, 0.3) is 0 Å². The minimum atomic E-state index is -0.762. The van der Waals surface area contributed by atoms with Crippen molar-refractivity contribution in [3.05, 3.63) is 65.5 Å². The van der Waals surface area contributed by atoms with Crippen LogP contribution in [-0.4, -0.2) is 12.5 Å². The van der Waals surface area contributed by atoms with Gasteiger partial charge in [0.2, 0.25) is 0 Å². The summed E-state index contributed by atoms with van der Waals surface area (Å²) in [6, 6.07) is 14.4. The molecular formula is C16H17FN2O. The van der Waals surface area contributed by atoms with Crippen LogP contribution < -0.4 is 11.1 Å². The maximum Gasteiger partial charge on any atom is 0.251 e. The van der Waals surface area contributed by atoms with Crippen LogP contribution in [0.2, 0.25) is 0 Å². The van der Waals surface area contributed by atoms with Crippen molar-refractivity contribution in [1.82, 2.24) is 0 Å². The van der Waals surface area contributed by atoms with E-state index in [0.717, 1.165) is 0 Å². The number of anilines is 1. The Morgan fingerprint density at radius 3 is 2.60 bits per heavy atom. The van der Waals surface area contributed by atoms with Gasteiger partial charge in [-0.25, -0.2) is 4.39 Å². The van der Waals surface area contributed by atoms with Crippen molar-refractivity contribution in [2.45, 2.75) is 12.8 Å². The summed E-state index contributed by atoms with van der Waals surface area (Å²) in [5.41, 5.74) is 6.93. The summed E-state index contributed by atoms with van der Waals surface area (Å²) in [6.07, 6.45) is 0.